The molecule has 0 bridgehead atoms. The number of unbranched alkanes of at least 4 members (excludes halogenated alkanes) is 22. The van der Waals surface area contributed by atoms with Crippen molar-refractivity contribution in [1.82, 2.24) is 0 Å². The molecule has 0 aromatic heterocycles. The van der Waals surface area contributed by atoms with Gasteiger partial charge in [0.15, 0.2) is 6.10 Å². The molecule has 0 aliphatic rings. The van der Waals surface area contributed by atoms with Crippen molar-refractivity contribution in [3.05, 3.63) is 24.3 Å². The third-order valence-corrected chi connectivity index (χ3v) is 9.82. The lowest BCUT2D eigenvalue weighted by Crippen LogP contribution is -2.29. The Kier molecular flexibility index (Phi) is 37.1. The molecule has 2 atom stereocenters. The van der Waals surface area contributed by atoms with Crippen molar-refractivity contribution in [3.8, 4) is 0 Å². The summed E-state index contributed by atoms with van der Waals surface area (Å²) in [5, 5.41) is 0. The minimum atomic E-state index is -4.37. The average Bonchev–Trinajstić information content (AvgIpc) is 3.11. The van der Waals surface area contributed by atoms with Gasteiger partial charge in [-0.15, -0.1) is 0 Å². The Morgan fingerprint density at radius 1 is 0.588 bits per heavy atom. The van der Waals surface area contributed by atoms with Gasteiger partial charge in [0.1, 0.15) is 6.61 Å². The van der Waals surface area contributed by atoms with Crippen molar-refractivity contribution in [2.75, 3.05) is 26.4 Å². The van der Waals surface area contributed by atoms with Crippen LogP contribution in [0, 0.1) is 0 Å². The van der Waals surface area contributed by atoms with E-state index < -0.39 is 32.5 Å². The third-order valence-electron chi connectivity index (χ3n) is 8.84. The van der Waals surface area contributed by atoms with Gasteiger partial charge in [-0.1, -0.05) is 167 Å². The SMILES string of the molecule is CCCC/C=C/C/C=C/CCCCCCCC(=O)OC[C@H](COP(=O)(O)OCCN)OC(=O)CCCCCCCCCCCCCCCCCC. The summed E-state index contributed by atoms with van der Waals surface area (Å²) >= 11 is 0. The molecule has 0 saturated carbocycles. The molecule has 0 aliphatic carbocycles. The van der Waals surface area contributed by atoms with Crippen LogP contribution in [0.1, 0.15) is 194 Å². The van der Waals surface area contributed by atoms with Crippen molar-refractivity contribution in [1.29, 1.82) is 0 Å². The fourth-order valence-corrected chi connectivity index (χ4v) is 6.47. The Morgan fingerprint density at radius 2 is 1.04 bits per heavy atom. The first-order chi connectivity index (χ1) is 24.8. The Balaban J connectivity index is 4.17. The molecule has 9 nitrogen and oxygen atoms in total. The Morgan fingerprint density at radius 3 is 1.55 bits per heavy atom. The van der Waals surface area contributed by atoms with Crippen molar-refractivity contribution >= 4 is 19.8 Å². The average molecular weight is 744 g/mol. The predicted octanol–water partition coefficient (Wildman–Crippen LogP) is 11.6. The van der Waals surface area contributed by atoms with Crippen molar-refractivity contribution in [3.63, 3.8) is 0 Å². The fraction of sp³-hybridized carbons (Fsp3) is 0.854. The van der Waals surface area contributed by atoms with Gasteiger partial charge in [-0.25, -0.2) is 4.57 Å². The second kappa shape index (κ2) is 38.2. The summed E-state index contributed by atoms with van der Waals surface area (Å²) in [5.41, 5.74) is 5.34. The fourth-order valence-electron chi connectivity index (χ4n) is 5.71. The summed E-state index contributed by atoms with van der Waals surface area (Å²) in [6, 6.07) is 0. The van der Waals surface area contributed by atoms with Gasteiger partial charge in [-0.05, 0) is 38.5 Å². The molecule has 51 heavy (non-hydrogen) atoms. The summed E-state index contributed by atoms with van der Waals surface area (Å²) < 4.78 is 32.7. The highest BCUT2D eigenvalue weighted by atomic mass is 31.2. The number of carbonyl (C=O) groups excluding carboxylic acids is 2. The van der Waals surface area contributed by atoms with Crippen LogP contribution < -0.4 is 5.73 Å². The molecule has 3 N–H and O–H groups in total. The molecular weight excluding hydrogens is 665 g/mol. The molecule has 0 heterocycles. The molecule has 0 aromatic carbocycles. The molecule has 0 radical (unpaired) electrons. The topological polar surface area (TPSA) is 134 Å². The van der Waals surface area contributed by atoms with E-state index in [2.05, 4.69) is 38.2 Å². The molecule has 1 unspecified atom stereocenters. The van der Waals surface area contributed by atoms with E-state index in [-0.39, 0.29) is 32.6 Å². The van der Waals surface area contributed by atoms with E-state index in [1.54, 1.807) is 0 Å². The van der Waals surface area contributed by atoms with Gasteiger partial charge < -0.3 is 20.1 Å². The van der Waals surface area contributed by atoms with E-state index in [0.717, 1.165) is 64.2 Å². The normalized spacial score (nSPS) is 13.6. The number of esters is 2. The van der Waals surface area contributed by atoms with Gasteiger partial charge in [-0.2, -0.15) is 0 Å². The Labute approximate surface area is 312 Å². The number of phosphoric acid groups is 1. The quantitative estimate of drug-likeness (QED) is 0.0273. The van der Waals surface area contributed by atoms with Crippen LogP contribution in [-0.2, 0) is 32.7 Å². The van der Waals surface area contributed by atoms with E-state index in [9.17, 15) is 19.0 Å². The predicted molar refractivity (Wildman–Crippen MR) is 211 cm³/mol. The third kappa shape index (κ3) is 38.0. The monoisotopic (exact) mass is 744 g/mol. The lowest BCUT2D eigenvalue weighted by Gasteiger charge is -2.19. The zero-order valence-electron chi connectivity index (χ0n) is 32.8. The number of hydrogen-bond donors (Lipinski definition) is 2. The van der Waals surface area contributed by atoms with E-state index in [1.807, 2.05) is 0 Å². The van der Waals surface area contributed by atoms with Crippen LogP contribution in [0.3, 0.4) is 0 Å². The first kappa shape index (κ1) is 49.5. The van der Waals surface area contributed by atoms with Gasteiger partial charge in [-0.3, -0.25) is 18.6 Å². The summed E-state index contributed by atoms with van der Waals surface area (Å²) in [6.45, 7) is 3.69. The lowest BCUT2D eigenvalue weighted by atomic mass is 10.0. The highest BCUT2D eigenvalue weighted by molar-refractivity contribution is 7.47. The van der Waals surface area contributed by atoms with Crippen molar-refractivity contribution in [2.24, 2.45) is 5.73 Å². The van der Waals surface area contributed by atoms with Gasteiger partial charge in [0, 0.05) is 19.4 Å². The number of allylic oxidation sites excluding steroid dienone is 4. The zero-order valence-corrected chi connectivity index (χ0v) is 33.7. The molecule has 0 aliphatic heterocycles. The first-order valence-electron chi connectivity index (χ1n) is 20.8. The van der Waals surface area contributed by atoms with Gasteiger partial charge in [0.05, 0.1) is 13.2 Å². The molecule has 0 rings (SSSR count). The summed E-state index contributed by atoms with van der Waals surface area (Å²) in [4.78, 5) is 34.8. The van der Waals surface area contributed by atoms with Crippen LogP contribution in [-0.4, -0.2) is 49.3 Å². The van der Waals surface area contributed by atoms with Gasteiger partial charge in [0.2, 0.25) is 0 Å². The van der Waals surface area contributed by atoms with E-state index in [4.69, 9.17) is 24.3 Å². The summed E-state index contributed by atoms with van der Waals surface area (Å²) in [7, 11) is -4.37. The molecular formula is C41H78NO8P. The zero-order chi connectivity index (χ0) is 37.5. The van der Waals surface area contributed by atoms with Crippen LogP contribution in [0.15, 0.2) is 24.3 Å². The standard InChI is InChI=1S/C41H78NO8P/c1-3-5-7-9-11-13-15-17-19-20-22-24-26-28-30-32-34-41(44)50-39(38-49-51(45,46)48-36-35-42)37-47-40(43)33-31-29-27-25-23-21-18-16-14-12-10-8-6-4-2/h10,12,16,18,39H,3-9,11,13-15,17,19-38,42H2,1-2H3,(H,45,46)/b12-10+,18-16+/t39-/m1/s1. The lowest BCUT2D eigenvalue weighted by molar-refractivity contribution is -0.161. The smallest absolute Gasteiger partial charge is 0.462 e. The number of carbonyl (C=O) groups is 2. The molecule has 10 heteroatoms. The van der Waals surface area contributed by atoms with Crippen molar-refractivity contribution in [2.45, 2.75) is 200 Å². The van der Waals surface area contributed by atoms with Gasteiger partial charge in [0.25, 0.3) is 0 Å². The summed E-state index contributed by atoms with van der Waals surface area (Å²) in [5.74, 6) is -0.839. The molecule has 0 spiro atoms. The number of ether oxygens (including phenoxy) is 2. The maximum absolute atomic E-state index is 12.6. The highest BCUT2D eigenvalue weighted by Gasteiger charge is 2.26. The Bertz CT molecular complexity index is 897. The Hall–Kier alpha value is -1.51. The number of nitrogens with two attached hydrogens (primary N) is 1. The maximum atomic E-state index is 12.6. The van der Waals surface area contributed by atoms with Crippen LogP contribution in [0.2, 0.25) is 0 Å². The molecule has 300 valence electrons. The second-order valence-electron chi connectivity index (χ2n) is 13.9. The largest absolute Gasteiger partial charge is 0.472 e. The molecule has 0 fully saturated rings. The summed E-state index contributed by atoms with van der Waals surface area (Å²) in [6.07, 6.45) is 39.2. The van der Waals surface area contributed by atoms with Crippen LogP contribution in [0.5, 0.6) is 0 Å². The maximum Gasteiger partial charge on any atom is 0.472 e. The minimum Gasteiger partial charge on any atom is -0.462 e. The van der Waals surface area contributed by atoms with Crippen LogP contribution in [0.4, 0.5) is 0 Å². The van der Waals surface area contributed by atoms with E-state index in [0.29, 0.717) is 6.42 Å². The van der Waals surface area contributed by atoms with Crippen LogP contribution >= 0.6 is 7.82 Å². The van der Waals surface area contributed by atoms with Crippen LogP contribution in [0.25, 0.3) is 0 Å². The van der Waals surface area contributed by atoms with E-state index in [1.165, 1.54) is 96.3 Å². The number of rotatable bonds is 39. The minimum absolute atomic E-state index is 0.0529. The van der Waals surface area contributed by atoms with Crippen molar-refractivity contribution < 1.29 is 37.6 Å². The molecule has 0 amide bonds. The number of hydrogen-bond acceptors (Lipinski definition) is 8. The van der Waals surface area contributed by atoms with Gasteiger partial charge >= 0.3 is 19.8 Å². The second-order valence-corrected chi connectivity index (χ2v) is 15.3. The first-order valence-corrected chi connectivity index (χ1v) is 22.3. The van der Waals surface area contributed by atoms with E-state index >= 15 is 0 Å². The highest BCUT2D eigenvalue weighted by Crippen LogP contribution is 2.43. The number of phosphoric ester groups is 1. The molecule has 0 saturated heterocycles. The molecule has 0 aromatic rings.